The molecule has 30 heavy (non-hydrogen) atoms. The molecule has 2 aromatic rings. The molecule has 4 rings (SSSR count). The number of nitrogens with zero attached hydrogens (tertiary/aromatic N) is 3. The minimum absolute atomic E-state index is 0. The van der Waals surface area contributed by atoms with Crippen molar-refractivity contribution in [2.75, 3.05) is 43.0 Å². The topological polar surface area (TPSA) is 60.0 Å². The third-order valence-electron chi connectivity index (χ3n) is 5.52. The number of aliphatic imine (C=N–C) groups is 1. The van der Waals surface area contributed by atoms with Crippen molar-refractivity contribution < 1.29 is 4.79 Å². The van der Waals surface area contributed by atoms with Crippen molar-refractivity contribution in [3.8, 4) is 0 Å². The average Bonchev–Trinajstić information content (AvgIpc) is 3.38. The maximum Gasteiger partial charge on any atom is 0.246 e. The fraction of sp³-hybridized carbons (Fsp3) is 0.364. The fourth-order valence-corrected chi connectivity index (χ4v) is 4.21. The van der Waals surface area contributed by atoms with Crippen LogP contribution in [-0.2, 0) is 11.2 Å². The molecule has 0 aliphatic carbocycles. The third kappa shape index (κ3) is 5.18. The van der Waals surface area contributed by atoms with E-state index >= 15 is 0 Å². The number of fused-ring (bicyclic) bond motifs is 1. The highest BCUT2D eigenvalue weighted by atomic mass is 127. The summed E-state index contributed by atoms with van der Waals surface area (Å²) in [5.74, 6) is 0.716. The number of carbonyl (C=O) groups excluding carboxylic acids is 1. The largest absolute Gasteiger partial charge is 0.369 e. The van der Waals surface area contributed by atoms with E-state index < -0.39 is 0 Å². The lowest BCUT2D eigenvalue weighted by molar-refractivity contribution is -0.117. The van der Waals surface area contributed by atoms with Gasteiger partial charge in [0.1, 0.15) is 0 Å². The van der Waals surface area contributed by atoms with Gasteiger partial charge in [-0.1, -0.05) is 35.9 Å². The number of halogens is 2. The molecule has 2 heterocycles. The van der Waals surface area contributed by atoms with Gasteiger partial charge in [-0.25, -0.2) is 0 Å². The van der Waals surface area contributed by atoms with Gasteiger partial charge in [0.25, 0.3) is 0 Å². The molecule has 0 saturated carbocycles. The minimum Gasteiger partial charge on any atom is -0.369 e. The summed E-state index contributed by atoms with van der Waals surface area (Å²) in [4.78, 5) is 21.1. The van der Waals surface area contributed by atoms with Gasteiger partial charge in [0.2, 0.25) is 5.91 Å². The number of nitrogens with one attached hydrogen (secondary N) is 2. The van der Waals surface area contributed by atoms with Crippen LogP contribution in [0.15, 0.2) is 53.5 Å². The zero-order chi connectivity index (χ0) is 20.2. The molecule has 160 valence electrons. The first-order valence-electron chi connectivity index (χ1n) is 10.00. The molecule has 1 amide bonds. The molecule has 0 aromatic heterocycles. The summed E-state index contributed by atoms with van der Waals surface area (Å²) in [6, 6.07) is 16.3. The van der Waals surface area contributed by atoms with Crippen molar-refractivity contribution >= 4 is 58.8 Å². The number of para-hydroxylation sites is 1. The van der Waals surface area contributed by atoms with E-state index in [1.807, 2.05) is 41.3 Å². The predicted octanol–water partition coefficient (Wildman–Crippen LogP) is 3.29. The Labute approximate surface area is 199 Å². The summed E-state index contributed by atoms with van der Waals surface area (Å²) in [7, 11) is 1.73. The van der Waals surface area contributed by atoms with Gasteiger partial charge in [0.15, 0.2) is 5.96 Å². The SMILES string of the molecule is CN=C(NCC(=O)N1CCc2ccccc21)NC1CCN(c2cccc(Cl)c2)C1.I. The molecule has 2 N–H and O–H groups in total. The Balaban J connectivity index is 0.00000256. The highest BCUT2D eigenvalue weighted by Crippen LogP contribution is 2.27. The summed E-state index contributed by atoms with van der Waals surface area (Å²) < 4.78 is 0. The first kappa shape index (κ1) is 22.7. The minimum atomic E-state index is 0. The van der Waals surface area contributed by atoms with Crippen LogP contribution < -0.4 is 20.4 Å². The van der Waals surface area contributed by atoms with Crippen LogP contribution in [0.4, 0.5) is 11.4 Å². The molecule has 1 unspecified atom stereocenters. The molecule has 2 aliphatic heterocycles. The van der Waals surface area contributed by atoms with Gasteiger partial charge < -0.3 is 20.4 Å². The lowest BCUT2D eigenvalue weighted by atomic mass is 10.2. The van der Waals surface area contributed by atoms with Crippen LogP contribution in [0.5, 0.6) is 0 Å². The highest BCUT2D eigenvalue weighted by Gasteiger charge is 2.26. The van der Waals surface area contributed by atoms with Gasteiger partial charge >= 0.3 is 0 Å². The number of anilines is 2. The van der Waals surface area contributed by atoms with Crippen LogP contribution in [-0.4, -0.2) is 51.1 Å². The number of rotatable bonds is 4. The quantitative estimate of drug-likeness (QED) is 0.356. The van der Waals surface area contributed by atoms with E-state index in [1.54, 1.807) is 7.05 Å². The molecular formula is C22H27ClIN5O. The summed E-state index contributed by atoms with van der Waals surface area (Å²) in [5.41, 5.74) is 3.39. The first-order valence-corrected chi connectivity index (χ1v) is 10.4. The number of carbonyl (C=O) groups is 1. The lowest BCUT2D eigenvalue weighted by Gasteiger charge is -2.21. The van der Waals surface area contributed by atoms with Gasteiger partial charge in [0, 0.05) is 49.1 Å². The molecule has 8 heteroatoms. The van der Waals surface area contributed by atoms with Crippen LogP contribution in [0.1, 0.15) is 12.0 Å². The van der Waals surface area contributed by atoms with E-state index in [2.05, 4.69) is 32.7 Å². The van der Waals surface area contributed by atoms with Crippen LogP contribution in [0.25, 0.3) is 0 Å². The molecule has 0 radical (unpaired) electrons. The zero-order valence-corrected chi connectivity index (χ0v) is 20.1. The van der Waals surface area contributed by atoms with Gasteiger partial charge in [-0.15, -0.1) is 24.0 Å². The Morgan fingerprint density at radius 2 is 2.03 bits per heavy atom. The third-order valence-corrected chi connectivity index (χ3v) is 5.76. The Morgan fingerprint density at radius 1 is 1.20 bits per heavy atom. The fourth-order valence-electron chi connectivity index (χ4n) is 4.03. The second-order valence-electron chi connectivity index (χ2n) is 7.41. The van der Waals surface area contributed by atoms with E-state index in [4.69, 9.17) is 11.6 Å². The van der Waals surface area contributed by atoms with Crippen molar-refractivity contribution in [3.63, 3.8) is 0 Å². The Morgan fingerprint density at radius 3 is 2.83 bits per heavy atom. The summed E-state index contributed by atoms with van der Waals surface area (Å²) in [6.07, 6.45) is 1.91. The van der Waals surface area contributed by atoms with E-state index in [-0.39, 0.29) is 42.5 Å². The number of hydrogen-bond acceptors (Lipinski definition) is 3. The average molecular weight is 540 g/mol. The van der Waals surface area contributed by atoms with E-state index in [0.717, 1.165) is 48.9 Å². The van der Waals surface area contributed by atoms with Crippen molar-refractivity contribution in [3.05, 3.63) is 59.1 Å². The van der Waals surface area contributed by atoms with E-state index in [1.165, 1.54) is 5.56 Å². The Bertz CT molecular complexity index is 922. The van der Waals surface area contributed by atoms with E-state index in [9.17, 15) is 4.79 Å². The molecule has 1 saturated heterocycles. The first-order chi connectivity index (χ1) is 14.1. The number of benzene rings is 2. The Kier molecular flexibility index (Phi) is 7.82. The molecule has 6 nitrogen and oxygen atoms in total. The second-order valence-corrected chi connectivity index (χ2v) is 7.84. The maximum absolute atomic E-state index is 12.7. The molecule has 1 atom stereocenters. The van der Waals surface area contributed by atoms with Gasteiger partial charge in [-0.2, -0.15) is 0 Å². The van der Waals surface area contributed by atoms with Gasteiger partial charge in [-0.3, -0.25) is 9.79 Å². The number of hydrogen-bond donors (Lipinski definition) is 2. The molecule has 1 fully saturated rings. The van der Waals surface area contributed by atoms with Gasteiger partial charge in [0.05, 0.1) is 6.54 Å². The van der Waals surface area contributed by atoms with Crippen LogP contribution >= 0.6 is 35.6 Å². The molecule has 0 spiro atoms. The van der Waals surface area contributed by atoms with Crippen molar-refractivity contribution in [2.45, 2.75) is 18.9 Å². The van der Waals surface area contributed by atoms with Crippen molar-refractivity contribution in [1.82, 2.24) is 10.6 Å². The van der Waals surface area contributed by atoms with Crippen LogP contribution in [0.2, 0.25) is 5.02 Å². The van der Waals surface area contributed by atoms with Crippen molar-refractivity contribution in [1.29, 1.82) is 0 Å². The highest BCUT2D eigenvalue weighted by molar-refractivity contribution is 14.0. The Hall–Kier alpha value is -2.00. The van der Waals surface area contributed by atoms with Crippen LogP contribution in [0.3, 0.4) is 0 Å². The van der Waals surface area contributed by atoms with E-state index in [0.29, 0.717) is 5.96 Å². The molecular weight excluding hydrogens is 513 g/mol. The van der Waals surface area contributed by atoms with Gasteiger partial charge in [-0.05, 0) is 42.7 Å². The smallest absolute Gasteiger partial charge is 0.246 e. The lowest BCUT2D eigenvalue weighted by Crippen LogP contribution is -2.48. The summed E-state index contributed by atoms with van der Waals surface area (Å²) in [6.45, 7) is 2.79. The number of amides is 1. The normalized spacial score (nSPS) is 18.1. The maximum atomic E-state index is 12.7. The standard InChI is InChI=1S/C22H26ClN5O.HI/c1-24-22(25-14-21(29)28-12-9-16-5-2-3-8-20(16)28)26-18-10-11-27(15-18)19-7-4-6-17(23)13-19;/h2-8,13,18H,9-12,14-15H2,1H3,(H2,24,25,26);1H. The summed E-state index contributed by atoms with van der Waals surface area (Å²) in [5, 5.41) is 7.36. The monoisotopic (exact) mass is 539 g/mol. The number of guanidine groups is 1. The molecule has 2 aliphatic rings. The zero-order valence-electron chi connectivity index (χ0n) is 17.0. The predicted molar refractivity (Wildman–Crippen MR) is 134 cm³/mol. The molecule has 0 bridgehead atoms. The summed E-state index contributed by atoms with van der Waals surface area (Å²) >= 11 is 6.12. The second kappa shape index (κ2) is 10.3. The van der Waals surface area contributed by atoms with Crippen LogP contribution in [0, 0.1) is 0 Å². The molecule has 2 aromatic carbocycles. The van der Waals surface area contributed by atoms with Crippen molar-refractivity contribution in [2.24, 2.45) is 4.99 Å².